The van der Waals surface area contributed by atoms with E-state index in [4.69, 9.17) is 10.2 Å². The zero-order valence-corrected chi connectivity index (χ0v) is 24.3. The molecule has 2 heterocycles. The van der Waals surface area contributed by atoms with Crippen molar-refractivity contribution in [2.45, 2.75) is 43.4 Å². The number of nitrogens with two attached hydrogens (primary N) is 1. The first-order valence-electron chi connectivity index (χ1n) is 14.4. The topological polar surface area (TPSA) is 190 Å². The number of likely N-dealkylation sites (N-methyl/N-ethyl adjacent to an activating group) is 1. The monoisotopic (exact) mass is 592 g/mol. The van der Waals surface area contributed by atoms with Crippen LogP contribution in [0, 0.1) is 11.8 Å². The Bertz CT molecular complexity index is 1580. The molecule has 0 radical (unpaired) electrons. The number of piperidine rings is 1. The highest BCUT2D eigenvalue weighted by Crippen LogP contribution is 2.54. The average Bonchev–Trinajstić information content (AvgIpc) is 3.48. The van der Waals surface area contributed by atoms with Gasteiger partial charge in [0.25, 0.3) is 5.91 Å². The van der Waals surface area contributed by atoms with Gasteiger partial charge in [0.05, 0.1) is 29.8 Å². The summed E-state index contributed by atoms with van der Waals surface area (Å²) in [4.78, 5) is 43.8. The number of nitrogens with one attached hydrogen (secondary N) is 1. The largest absolute Gasteiger partial charge is 0.510 e. The van der Waals surface area contributed by atoms with E-state index in [1.54, 1.807) is 32.5 Å². The number of hydrogen-bond acceptors (Lipinski definition) is 11. The summed E-state index contributed by atoms with van der Waals surface area (Å²) in [6.07, 6.45) is 4.95. The summed E-state index contributed by atoms with van der Waals surface area (Å²) in [6.45, 7) is 1.75. The molecular formula is C31H36N4O8. The Morgan fingerprint density at radius 2 is 1.88 bits per heavy atom. The minimum Gasteiger partial charge on any atom is -0.510 e. The molecule has 7 N–H and O–H groups in total. The predicted molar refractivity (Wildman–Crippen MR) is 156 cm³/mol. The molecule has 1 aromatic carbocycles. The number of ketones is 2. The zero-order chi connectivity index (χ0) is 31.0. The molecule has 0 bridgehead atoms. The third-order valence-electron chi connectivity index (χ3n) is 9.63. The number of phenolic OH excluding ortho intramolecular Hbond substituents is 1. The van der Waals surface area contributed by atoms with Gasteiger partial charge >= 0.3 is 0 Å². The van der Waals surface area contributed by atoms with E-state index in [2.05, 4.69) is 10.2 Å². The number of carbonyl (C=O) groups excluding carboxylic acids is 3. The fourth-order valence-electron chi connectivity index (χ4n) is 7.48. The summed E-state index contributed by atoms with van der Waals surface area (Å²) in [5.41, 5.74) is 3.96. The van der Waals surface area contributed by atoms with Crippen molar-refractivity contribution >= 4 is 23.2 Å². The molecule has 1 amide bonds. The average molecular weight is 593 g/mol. The summed E-state index contributed by atoms with van der Waals surface area (Å²) in [5.74, 6) is -6.76. The van der Waals surface area contributed by atoms with Crippen molar-refractivity contribution in [3.8, 4) is 16.9 Å². The highest BCUT2D eigenvalue weighted by Gasteiger charge is 2.63. The number of allylic oxidation sites excluding steroid dienone is 1. The molecule has 4 atom stereocenters. The lowest BCUT2D eigenvalue weighted by molar-refractivity contribution is -0.148. The Hall–Kier alpha value is -4.13. The lowest BCUT2D eigenvalue weighted by Gasteiger charge is -2.50. The van der Waals surface area contributed by atoms with Crippen LogP contribution in [0.1, 0.15) is 35.2 Å². The van der Waals surface area contributed by atoms with E-state index < -0.39 is 58.0 Å². The van der Waals surface area contributed by atoms with E-state index in [9.17, 15) is 34.8 Å². The van der Waals surface area contributed by atoms with Crippen molar-refractivity contribution in [1.82, 2.24) is 9.80 Å². The number of primary amides is 1. The molecule has 1 aliphatic heterocycles. The van der Waals surface area contributed by atoms with Gasteiger partial charge in [-0.1, -0.05) is 0 Å². The molecule has 4 aliphatic rings. The summed E-state index contributed by atoms with van der Waals surface area (Å²) in [5, 5.41) is 49.4. The summed E-state index contributed by atoms with van der Waals surface area (Å²) >= 11 is 0. The van der Waals surface area contributed by atoms with Crippen LogP contribution in [0.25, 0.3) is 11.1 Å². The van der Waals surface area contributed by atoms with Crippen molar-refractivity contribution in [3.63, 3.8) is 0 Å². The minimum atomic E-state index is -2.68. The molecule has 1 aromatic heterocycles. The zero-order valence-electron chi connectivity index (χ0n) is 24.3. The van der Waals surface area contributed by atoms with Crippen LogP contribution in [-0.2, 0) is 16.0 Å². The molecule has 2 aromatic rings. The number of Topliss-reactive ketones (excluding diaryl/α,β-unsaturated/α-hetero) is 2. The smallest absolute Gasteiger partial charge is 0.255 e. The van der Waals surface area contributed by atoms with Crippen molar-refractivity contribution in [1.29, 1.82) is 0 Å². The third-order valence-corrected chi connectivity index (χ3v) is 9.63. The number of fused-ring (bicyclic) bond motifs is 3. The number of carbonyl (C=O) groups is 3. The lowest BCUT2D eigenvalue weighted by atomic mass is 9.58. The number of phenols is 1. The van der Waals surface area contributed by atoms with E-state index >= 15 is 0 Å². The Labute approximate surface area is 248 Å². The molecule has 12 nitrogen and oxygen atoms in total. The molecule has 0 spiro atoms. The van der Waals surface area contributed by atoms with Crippen LogP contribution in [0.15, 0.2) is 51.7 Å². The van der Waals surface area contributed by atoms with Crippen LogP contribution >= 0.6 is 0 Å². The quantitative estimate of drug-likeness (QED) is 0.220. The number of rotatable bonds is 5. The number of aliphatic hydroxyl groups excluding tert-OH is 2. The van der Waals surface area contributed by atoms with E-state index in [0.717, 1.165) is 25.9 Å². The van der Waals surface area contributed by atoms with Gasteiger partial charge < -0.3 is 40.8 Å². The Kier molecular flexibility index (Phi) is 6.90. The Balaban J connectivity index is 1.51. The van der Waals surface area contributed by atoms with Gasteiger partial charge in [0.2, 0.25) is 5.78 Å². The number of aliphatic hydroxyl groups is 3. The number of hydrogen-bond donors (Lipinski definition) is 6. The summed E-state index contributed by atoms with van der Waals surface area (Å²) in [6, 6.07) is 2.57. The highest BCUT2D eigenvalue weighted by atomic mass is 16.3. The van der Waals surface area contributed by atoms with E-state index in [1.165, 1.54) is 11.2 Å². The normalized spacial score (nSPS) is 28.2. The lowest BCUT2D eigenvalue weighted by Crippen LogP contribution is -2.63. The number of aromatic hydroxyl groups is 1. The molecule has 3 aliphatic carbocycles. The van der Waals surface area contributed by atoms with Crippen LogP contribution in [-0.4, -0.2) is 99.6 Å². The first-order valence-corrected chi connectivity index (χ1v) is 14.4. The maximum absolute atomic E-state index is 14.3. The molecule has 0 saturated carbocycles. The molecule has 6 rings (SSSR count). The van der Waals surface area contributed by atoms with Gasteiger partial charge in [-0.3, -0.25) is 19.3 Å². The molecular weight excluding hydrogens is 556 g/mol. The second kappa shape index (κ2) is 10.2. The molecule has 1 fully saturated rings. The van der Waals surface area contributed by atoms with Gasteiger partial charge in [0.1, 0.15) is 22.8 Å². The second-order valence-corrected chi connectivity index (χ2v) is 12.4. The van der Waals surface area contributed by atoms with E-state index in [-0.39, 0.29) is 35.8 Å². The molecule has 1 saturated heterocycles. The van der Waals surface area contributed by atoms with Gasteiger partial charge in [-0.15, -0.1) is 0 Å². The maximum Gasteiger partial charge on any atom is 0.255 e. The van der Waals surface area contributed by atoms with Crippen molar-refractivity contribution in [3.05, 3.63) is 58.5 Å². The summed E-state index contributed by atoms with van der Waals surface area (Å²) < 4.78 is 5.35. The van der Waals surface area contributed by atoms with Crippen molar-refractivity contribution in [2.24, 2.45) is 17.6 Å². The minimum absolute atomic E-state index is 0.0208. The fourth-order valence-corrected chi connectivity index (χ4v) is 7.48. The number of nitrogens with zero attached hydrogens (tertiary/aromatic N) is 2. The molecule has 43 heavy (non-hydrogen) atoms. The Morgan fingerprint density at radius 1 is 1.19 bits per heavy atom. The molecule has 228 valence electrons. The third kappa shape index (κ3) is 4.27. The van der Waals surface area contributed by atoms with Gasteiger partial charge in [0.15, 0.2) is 11.4 Å². The van der Waals surface area contributed by atoms with E-state index in [0.29, 0.717) is 22.4 Å². The highest BCUT2D eigenvalue weighted by molar-refractivity contribution is 6.25. The second-order valence-electron chi connectivity index (χ2n) is 12.4. The van der Waals surface area contributed by atoms with Crippen LogP contribution < -0.4 is 11.1 Å². The van der Waals surface area contributed by atoms with E-state index in [1.807, 2.05) is 7.05 Å². The molecule has 12 heteroatoms. The molecule has 0 unspecified atom stereocenters. The fraction of sp³-hybridized carbons (Fsp3) is 0.452. The van der Waals surface area contributed by atoms with Crippen molar-refractivity contribution < 1.29 is 39.2 Å². The maximum atomic E-state index is 14.3. The number of amides is 1. The van der Waals surface area contributed by atoms with Crippen LogP contribution in [0.2, 0.25) is 0 Å². The predicted octanol–water partition coefficient (Wildman–Crippen LogP) is 1.89. The number of anilines is 1. The van der Waals surface area contributed by atoms with Crippen LogP contribution in [0.4, 0.5) is 5.69 Å². The SMILES string of the molecule is CN1CCC(Nc2cc(-c3ccoc3)c3c(c2O)C(=O)C2=C(O)[C@@]4(O)C(=O)C(C(N)=O)=C(O)[C@@H](N(C)C)[C@H]4C[C@H]2C3)CC1. The number of furan rings is 1. The van der Waals surface area contributed by atoms with Gasteiger partial charge in [0, 0.05) is 23.1 Å². The standard InChI is InChI=1S/C31H36N4O8/c1-34(2)24-19-11-15-10-18-17(14-6-9-43-13-14)12-20(33-16-4-7-35(3)8-5-16)25(36)22(18)26(37)21(15)28(39)31(19,42)29(40)23(27(24)38)30(32)41/h6,9,12-13,15-16,19,24,33,36,38-39,42H,4-5,7-8,10-11H2,1-3H3,(H2,32,41)/t15-,19-,24+,31-/m1/s1. The van der Waals surface area contributed by atoms with Gasteiger partial charge in [-0.25, -0.2) is 0 Å². The van der Waals surface area contributed by atoms with Crippen LogP contribution in [0.5, 0.6) is 5.75 Å². The first kappa shape index (κ1) is 29.0. The van der Waals surface area contributed by atoms with Gasteiger partial charge in [-0.05, 0) is 89.1 Å². The number of likely N-dealkylation sites (tertiary alicyclic amines) is 1. The number of benzene rings is 1. The summed E-state index contributed by atoms with van der Waals surface area (Å²) in [7, 11) is 5.24. The Morgan fingerprint density at radius 3 is 2.49 bits per heavy atom. The van der Waals surface area contributed by atoms with Crippen LogP contribution in [0.3, 0.4) is 0 Å². The van der Waals surface area contributed by atoms with Crippen molar-refractivity contribution in [2.75, 3.05) is 39.5 Å². The first-order chi connectivity index (χ1) is 20.4. The van der Waals surface area contributed by atoms with Gasteiger partial charge in [-0.2, -0.15) is 0 Å².